The molecular formula is C30H45BrO5Si2. The van der Waals surface area contributed by atoms with E-state index in [0.717, 1.165) is 0 Å². The Morgan fingerprint density at radius 1 is 0.947 bits per heavy atom. The smallest absolute Gasteiger partial charge is 0.304 e. The fourth-order valence-electron chi connectivity index (χ4n) is 4.85. The minimum Gasteiger partial charge on any atom is -0.436 e. The van der Waals surface area contributed by atoms with Crippen molar-refractivity contribution in [2.45, 2.75) is 101 Å². The van der Waals surface area contributed by atoms with Gasteiger partial charge in [0.1, 0.15) is 6.10 Å². The van der Waals surface area contributed by atoms with E-state index in [9.17, 15) is 4.79 Å². The third-order valence-electron chi connectivity index (χ3n) is 7.91. The summed E-state index contributed by atoms with van der Waals surface area (Å²) < 4.78 is 25.9. The maximum absolute atomic E-state index is 11.9. The van der Waals surface area contributed by atoms with Gasteiger partial charge in [0.05, 0.1) is 10.9 Å². The van der Waals surface area contributed by atoms with Gasteiger partial charge in [0.15, 0.2) is 8.32 Å². The van der Waals surface area contributed by atoms with Gasteiger partial charge in [-0.1, -0.05) is 118 Å². The minimum absolute atomic E-state index is 0.0986. The van der Waals surface area contributed by atoms with Gasteiger partial charge in [-0.25, -0.2) is 0 Å². The van der Waals surface area contributed by atoms with Gasteiger partial charge in [0.25, 0.3) is 8.32 Å². The Kier molecular flexibility index (Phi) is 9.92. The summed E-state index contributed by atoms with van der Waals surface area (Å²) in [6.45, 7) is 19.9. The van der Waals surface area contributed by atoms with E-state index in [4.69, 9.17) is 18.3 Å². The normalized spacial score (nSPS) is 21.8. The molecule has 8 heteroatoms. The predicted octanol–water partition coefficient (Wildman–Crippen LogP) is 6.40. The van der Waals surface area contributed by atoms with Gasteiger partial charge < -0.3 is 18.3 Å². The van der Waals surface area contributed by atoms with Crippen LogP contribution in [0, 0.1) is 0 Å². The van der Waals surface area contributed by atoms with E-state index < -0.39 is 22.9 Å². The first-order valence-electron chi connectivity index (χ1n) is 13.5. The van der Waals surface area contributed by atoms with Crippen LogP contribution in [0.2, 0.25) is 23.2 Å². The summed E-state index contributed by atoms with van der Waals surface area (Å²) in [7, 11) is -4.80. The van der Waals surface area contributed by atoms with Crippen LogP contribution in [-0.4, -0.2) is 52.5 Å². The Balaban J connectivity index is 2.02. The molecule has 5 nitrogen and oxygen atoms in total. The third kappa shape index (κ3) is 6.88. The van der Waals surface area contributed by atoms with E-state index in [1.807, 2.05) is 12.1 Å². The highest BCUT2D eigenvalue weighted by atomic mass is 79.9. The van der Waals surface area contributed by atoms with Gasteiger partial charge in [0, 0.05) is 20.0 Å². The lowest BCUT2D eigenvalue weighted by molar-refractivity contribution is -0.173. The van der Waals surface area contributed by atoms with E-state index in [2.05, 4.69) is 119 Å². The van der Waals surface area contributed by atoms with Crippen molar-refractivity contribution < 1.29 is 23.1 Å². The second kappa shape index (κ2) is 12.1. The van der Waals surface area contributed by atoms with Crippen LogP contribution in [0.15, 0.2) is 60.7 Å². The summed E-state index contributed by atoms with van der Waals surface area (Å²) >= 11 is 3.90. The van der Waals surface area contributed by atoms with Crippen molar-refractivity contribution in [1.29, 1.82) is 0 Å². The van der Waals surface area contributed by atoms with Crippen molar-refractivity contribution in [2.24, 2.45) is 0 Å². The minimum atomic E-state index is -2.83. The second-order valence-corrected chi connectivity index (χ2v) is 23.0. The molecule has 0 unspecified atom stereocenters. The summed E-state index contributed by atoms with van der Waals surface area (Å²) in [5.74, 6) is -0.358. The number of carbonyl (C=O) groups excluding carboxylic acids is 1. The maximum Gasteiger partial charge on any atom is 0.304 e. The molecule has 38 heavy (non-hydrogen) atoms. The summed E-state index contributed by atoms with van der Waals surface area (Å²) in [6, 6.07) is 21.2. The lowest BCUT2D eigenvalue weighted by Gasteiger charge is -2.45. The molecule has 1 fully saturated rings. The molecule has 3 rings (SSSR count). The summed E-state index contributed by atoms with van der Waals surface area (Å²) in [6.07, 6.45) is -0.825. The van der Waals surface area contributed by atoms with E-state index in [-0.39, 0.29) is 33.1 Å². The van der Waals surface area contributed by atoms with E-state index >= 15 is 0 Å². The molecule has 210 valence electrons. The van der Waals surface area contributed by atoms with Crippen LogP contribution in [0.5, 0.6) is 0 Å². The molecule has 1 heterocycles. The lowest BCUT2D eigenvalue weighted by atomic mass is 10.1. The molecule has 2 aromatic carbocycles. The Labute approximate surface area is 240 Å². The SMILES string of the molecule is CC(=O)O[C@H]1C[C@H](O[Si](c2ccccc2)(c2ccccc2)C(C)(C)C)[C@@H]([C@@H](Br)CO[Si](C)(C)C(C)(C)C)O1. The van der Waals surface area contributed by atoms with Gasteiger partial charge >= 0.3 is 5.97 Å². The Bertz CT molecular complexity index is 1010. The maximum atomic E-state index is 11.9. The van der Waals surface area contributed by atoms with Crippen LogP contribution >= 0.6 is 15.9 Å². The van der Waals surface area contributed by atoms with E-state index in [1.54, 1.807) is 0 Å². The monoisotopic (exact) mass is 620 g/mol. The van der Waals surface area contributed by atoms with Crippen molar-refractivity contribution in [1.82, 2.24) is 0 Å². The topological polar surface area (TPSA) is 54.0 Å². The van der Waals surface area contributed by atoms with Crippen molar-refractivity contribution in [3.8, 4) is 0 Å². The Morgan fingerprint density at radius 2 is 1.45 bits per heavy atom. The van der Waals surface area contributed by atoms with Gasteiger partial charge in [-0.05, 0) is 33.5 Å². The van der Waals surface area contributed by atoms with Crippen LogP contribution < -0.4 is 10.4 Å². The van der Waals surface area contributed by atoms with Crippen molar-refractivity contribution >= 4 is 48.9 Å². The van der Waals surface area contributed by atoms with Crippen LogP contribution in [0.25, 0.3) is 0 Å². The molecule has 0 amide bonds. The fourth-order valence-corrected chi connectivity index (χ4v) is 11.4. The molecule has 0 saturated carbocycles. The number of hydrogen-bond donors (Lipinski definition) is 0. The van der Waals surface area contributed by atoms with Crippen LogP contribution in [0.4, 0.5) is 0 Å². The molecule has 2 aromatic rings. The second-order valence-electron chi connectivity index (χ2n) is 12.8. The average molecular weight is 622 g/mol. The number of esters is 1. The summed E-state index contributed by atoms with van der Waals surface area (Å²) in [4.78, 5) is 11.7. The number of halogens is 1. The largest absolute Gasteiger partial charge is 0.436 e. The molecule has 1 saturated heterocycles. The highest BCUT2D eigenvalue weighted by Crippen LogP contribution is 2.42. The van der Waals surface area contributed by atoms with Crippen LogP contribution in [0.3, 0.4) is 0 Å². The molecule has 1 aliphatic rings. The van der Waals surface area contributed by atoms with Gasteiger partial charge in [-0.15, -0.1) is 0 Å². The fraction of sp³-hybridized carbons (Fsp3) is 0.567. The first-order chi connectivity index (χ1) is 17.6. The zero-order valence-electron chi connectivity index (χ0n) is 24.4. The quantitative estimate of drug-likeness (QED) is 0.185. The van der Waals surface area contributed by atoms with Gasteiger partial charge in [-0.2, -0.15) is 0 Å². The standard InChI is InChI=1S/C30H45BrO5Si2/c1-22(32)34-27-20-26(28(35-27)25(31)21-33-37(8,9)29(2,3)4)36-38(30(5,6)7,23-16-12-10-13-17-23)24-18-14-11-15-19-24/h10-19,25-28H,20-21H2,1-9H3/t25-,26-,27+,28+/m0/s1. The van der Waals surface area contributed by atoms with Gasteiger partial charge in [-0.3, -0.25) is 4.79 Å². The molecule has 0 bridgehead atoms. The molecule has 0 aliphatic carbocycles. The molecule has 1 aliphatic heterocycles. The summed E-state index contributed by atoms with van der Waals surface area (Å²) in [5.41, 5.74) is 0. The van der Waals surface area contributed by atoms with Crippen LogP contribution in [-0.2, 0) is 23.1 Å². The number of rotatable bonds is 9. The molecule has 4 atom stereocenters. The van der Waals surface area contributed by atoms with Crippen molar-refractivity contribution in [2.75, 3.05) is 6.61 Å². The van der Waals surface area contributed by atoms with E-state index in [0.29, 0.717) is 13.0 Å². The third-order valence-corrected chi connectivity index (χ3v) is 18.3. The van der Waals surface area contributed by atoms with Crippen LogP contribution in [0.1, 0.15) is 54.9 Å². The zero-order valence-corrected chi connectivity index (χ0v) is 28.0. The molecular weight excluding hydrogens is 576 g/mol. The molecule has 0 aromatic heterocycles. The number of alkyl halides is 1. The molecule has 0 radical (unpaired) electrons. The Morgan fingerprint density at radius 3 is 1.87 bits per heavy atom. The molecule has 0 spiro atoms. The number of carbonyl (C=O) groups is 1. The van der Waals surface area contributed by atoms with Crippen molar-refractivity contribution in [3.05, 3.63) is 60.7 Å². The van der Waals surface area contributed by atoms with Gasteiger partial charge in [0.2, 0.25) is 6.29 Å². The summed E-state index contributed by atoms with van der Waals surface area (Å²) in [5, 5.41) is 2.33. The first kappa shape index (κ1) is 31.2. The highest BCUT2D eigenvalue weighted by molar-refractivity contribution is 9.09. The molecule has 0 N–H and O–H groups in total. The van der Waals surface area contributed by atoms with Crippen molar-refractivity contribution in [3.63, 3.8) is 0 Å². The number of ether oxygens (including phenoxy) is 2. The van der Waals surface area contributed by atoms with E-state index in [1.165, 1.54) is 17.3 Å². The lowest BCUT2D eigenvalue weighted by Crippen LogP contribution is -2.68. The highest BCUT2D eigenvalue weighted by Gasteiger charge is 2.55. The Hall–Kier alpha value is -1.30. The first-order valence-corrected chi connectivity index (χ1v) is 19.2. The number of hydrogen-bond acceptors (Lipinski definition) is 5. The zero-order chi connectivity index (χ0) is 28.4. The average Bonchev–Trinajstić information content (AvgIpc) is 3.22. The number of benzene rings is 2. The predicted molar refractivity (Wildman–Crippen MR) is 163 cm³/mol.